The van der Waals surface area contributed by atoms with Crippen LogP contribution in [0.1, 0.15) is 46.2 Å². The van der Waals surface area contributed by atoms with Gasteiger partial charge in [0.15, 0.2) is 0 Å². The predicted molar refractivity (Wildman–Crippen MR) is 143 cm³/mol. The van der Waals surface area contributed by atoms with Gasteiger partial charge >= 0.3 is 0 Å². The van der Waals surface area contributed by atoms with Crippen molar-refractivity contribution in [1.29, 1.82) is 0 Å². The maximum absolute atomic E-state index is 13.1. The van der Waals surface area contributed by atoms with E-state index >= 15 is 0 Å². The van der Waals surface area contributed by atoms with E-state index in [-0.39, 0.29) is 22.7 Å². The molecule has 1 atom stereocenters. The fourth-order valence-electron chi connectivity index (χ4n) is 4.46. The molecule has 0 saturated heterocycles. The smallest absolute Gasteiger partial charge is 0.246 e. The van der Waals surface area contributed by atoms with Crippen LogP contribution in [0.3, 0.4) is 0 Å². The largest absolute Gasteiger partial charge is 0.480 e. The lowest BCUT2D eigenvalue weighted by atomic mass is 9.95. The van der Waals surface area contributed by atoms with E-state index in [2.05, 4.69) is 45.2 Å². The molecule has 0 radical (unpaired) electrons. The lowest BCUT2D eigenvalue weighted by Crippen LogP contribution is -2.40. The molecule has 2 aromatic heterocycles. The second-order valence-electron chi connectivity index (χ2n) is 10.2. The molecule has 2 aromatic carbocycles. The van der Waals surface area contributed by atoms with Crippen LogP contribution in [0.4, 0.5) is 5.95 Å². The van der Waals surface area contributed by atoms with Gasteiger partial charge in [0.05, 0.1) is 24.2 Å². The standard InChI is InChI=1S/C27H33N5O3S/c1-17(2)24(18-10-8-7-9-11-18)32-22-14-19(12-13-21(22)30-26(32)28)20-15-23(25(35-6)29-16-20)36(33,34)31-27(3,4)5/h7-17,24,31H,1-6H3,(H2,28,30). The maximum atomic E-state index is 13.1. The number of rotatable bonds is 7. The van der Waals surface area contributed by atoms with Crippen LogP contribution in [0.5, 0.6) is 5.88 Å². The monoisotopic (exact) mass is 507 g/mol. The SMILES string of the molecule is COc1ncc(-c2ccc3nc(N)n(C(c4ccccc4)C(C)C)c3c2)cc1S(=O)(=O)NC(C)(C)C. The van der Waals surface area contributed by atoms with Crippen LogP contribution < -0.4 is 15.2 Å². The first-order valence-electron chi connectivity index (χ1n) is 11.8. The second-order valence-corrected chi connectivity index (χ2v) is 11.9. The average Bonchev–Trinajstić information content (AvgIpc) is 3.12. The normalized spacial score (nSPS) is 13.3. The van der Waals surface area contributed by atoms with Crippen molar-refractivity contribution >= 4 is 27.0 Å². The molecule has 36 heavy (non-hydrogen) atoms. The van der Waals surface area contributed by atoms with Gasteiger partial charge in [0.2, 0.25) is 21.9 Å². The van der Waals surface area contributed by atoms with E-state index in [4.69, 9.17) is 10.5 Å². The summed E-state index contributed by atoms with van der Waals surface area (Å²) in [6.45, 7) is 9.65. The van der Waals surface area contributed by atoms with Gasteiger partial charge in [0, 0.05) is 17.3 Å². The third-order valence-corrected chi connectivity index (χ3v) is 7.60. The lowest BCUT2D eigenvalue weighted by molar-refractivity contribution is 0.384. The van der Waals surface area contributed by atoms with Crippen LogP contribution in [-0.2, 0) is 10.0 Å². The minimum Gasteiger partial charge on any atom is -0.480 e. The first kappa shape index (κ1) is 25.7. The number of nitrogens with zero attached hydrogens (tertiary/aromatic N) is 3. The summed E-state index contributed by atoms with van der Waals surface area (Å²) in [4.78, 5) is 8.88. The number of hydrogen-bond acceptors (Lipinski definition) is 6. The Kier molecular flexibility index (Phi) is 6.81. The number of anilines is 1. The number of hydrogen-bond donors (Lipinski definition) is 2. The van der Waals surface area contributed by atoms with Gasteiger partial charge in [-0.3, -0.25) is 0 Å². The Hall–Kier alpha value is -3.43. The van der Waals surface area contributed by atoms with Crippen molar-refractivity contribution in [3.8, 4) is 17.0 Å². The Balaban J connectivity index is 1.87. The van der Waals surface area contributed by atoms with Gasteiger partial charge in [0.1, 0.15) is 4.90 Å². The van der Waals surface area contributed by atoms with Gasteiger partial charge in [-0.15, -0.1) is 0 Å². The first-order valence-corrected chi connectivity index (χ1v) is 13.3. The van der Waals surface area contributed by atoms with Gasteiger partial charge in [-0.25, -0.2) is 23.1 Å². The summed E-state index contributed by atoms with van der Waals surface area (Å²) in [5, 5.41) is 0. The maximum Gasteiger partial charge on any atom is 0.246 e. The van der Waals surface area contributed by atoms with Crippen molar-refractivity contribution in [3.63, 3.8) is 0 Å². The van der Waals surface area contributed by atoms with Gasteiger partial charge < -0.3 is 15.0 Å². The van der Waals surface area contributed by atoms with E-state index in [1.165, 1.54) is 7.11 Å². The van der Waals surface area contributed by atoms with E-state index in [1.807, 2.05) is 36.4 Å². The van der Waals surface area contributed by atoms with Crippen LogP contribution in [0.2, 0.25) is 0 Å². The van der Waals surface area contributed by atoms with Gasteiger partial charge in [-0.2, -0.15) is 0 Å². The molecule has 190 valence electrons. The second kappa shape index (κ2) is 9.55. The van der Waals surface area contributed by atoms with Gasteiger partial charge in [-0.1, -0.05) is 50.2 Å². The molecule has 1 unspecified atom stereocenters. The number of ether oxygens (including phenoxy) is 1. The minimum atomic E-state index is -3.87. The number of nitrogen functional groups attached to an aromatic ring is 1. The molecule has 0 amide bonds. The van der Waals surface area contributed by atoms with Crippen molar-refractivity contribution in [1.82, 2.24) is 19.3 Å². The number of nitrogens with one attached hydrogen (secondary N) is 1. The highest BCUT2D eigenvalue weighted by Crippen LogP contribution is 2.35. The first-order chi connectivity index (χ1) is 16.9. The molecule has 4 rings (SSSR count). The van der Waals surface area contributed by atoms with Crippen LogP contribution >= 0.6 is 0 Å². The Labute approximate surface area is 212 Å². The average molecular weight is 508 g/mol. The van der Waals surface area contributed by atoms with Crippen LogP contribution in [0, 0.1) is 5.92 Å². The highest BCUT2D eigenvalue weighted by molar-refractivity contribution is 7.89. The molecule has 0 fully saturated rings. The Bertz CT molecular complexity index is 1490. The van der Waals surface area contributed by atoms with Gasteiger partial charge in [0.25, 0.3) is 0 Å². The summed E-state index contributed by atoms with van der Waals surface area (Å²) >= 11 is 0. The molecular formula is C27H33N5O3S. The molecule has 0 aliphatic carbocycles. The van der Waals surface area contributed by atoms with E-state index in [0.717, 1.165) is 22.2 Å². The Morgan fingerprint density at radius 3 is 2.33 bits per heavy atom. The number of pyridine rings is 1. The molecule has 8 nitrogen and oxygen atoms in total. The van der Waals surface area contributed by atoms with Crippen molar-refractivity contribution < 1.29 is 13.2 Å². The van der Waals surface area contributed by atoms with Crippen LogP contribution in [0.15, 0.2) is 65.7 Å². The molecule has 3 N–H and O–H groups in total. The van der Waals surface area contributed by atoms with Crippen LogP contribution in [0.25, 0.3) is 22.2 Å². The Morgan fingerprint density at radius 2 is 1.72 bits per heavy atom. The summed E-state index contributed by atoms with van der Waals surface area (Å²) in [5.74, 6) is 0.712. The molecule has 0 aliphatic heterocycles. The van der Waals surface area contributed by atoms with E-state index in [1.54, 1.807) is 33.0 Å². The number of methoxy groups -OCH3 is 1. The highest BCUT2D eigenvalue weighted by atomic mass is 32.2. The molecule has 4 aromatic rings. The molecule has 9 heteroatoms. The topological polar surface area (TPSA) is 112 Å². The zero-order valence-corrected chi connectivity index (χ0v) is 22.3. The number of aromatic nitrogens is 3. The molecule has 0 aliphatic rings. The summed E-state index contributed by atoms with van der Waals surface area (Å²) in [7, 11) is -2.47. The number of nitrogens with two attached hydrogens (primary N) is 1. The van der Waals surface area contributed by atoms with E-state index in [9.17, 15) is 8.42 Å². The summed E-state index contributed by atoms with van der Waals surface area (Å²) < 4.78 is 36.3. The van der Waals surface area contributed by atoms with Crippen molar-refractivity contribution in [2.75, 3.05) is 12.8 Å². The quantitative estimate of drug-likeness (QED) is 0.364. The summed E-state index contributed by atoms with van der Waals surface area (Å²) in [5.41, 5.74) is 9.96. The molecule has 2 heterocycles. The third kappa shape index (κ3) is 5.08. The fourth-order valence-corrected chi connectivity index (χ4v) is 6.02. The van der Waals surface area contributed by atoms with Crippen molar-refractivity contribution in [2.45, 2.75) is 51.1 Å². The fraction of sp³-hybridized carbons (Fsp3) is 0.333. The third-order valence-electron chi connectivity index (χ3n) is 5.84. The number of benzene rings is 2. The summed E-state index contributed by atoms with van der Waals surface area (Å²) in [6, 6.07) is 17.5. The zero-order chi connectivity index (χ0) is 26.3. The van der Waals surface area contributed by atoms with E-state index < -0.39 is 15.6 Å². The highest BCUT2D eigenvalue weighted by Gasteiger charge is 2.27. The van der Waals surface area contributed by atoms with Crippen molar-refractivity contribution in [3.05, 3.63) is 66.4 Å². The van der Waals surface area contributed by atoms with E-state index in [0.29, 0.717) is 11.5 Å². The Morgan fingerprint density at radius 1 is 1.03 bits per heavy atom. The lowest BCUT2D eigenvalue weighted by Gasteiger charge is -2.25. The van der Waals surface area contributed by atoms with Gasteiger partial charge in [-0.05, 0) is 56.0 Å². The zero-order valence-electron chi connectivity index (χ0n) is 21.5. The number of fused-ring (bicyclic) bond motifs is 1. The minimum absolute atomic E-state index is 0.0186. The number of imidazole rings is 1. The summed E-state index contributed by atoms with van der Waals surface area (Å²) in [6.07, 6.45) is 1.61. The number of sulfonamides is 1. The van der Waals surface area contributed by atoms with Crippen LogP contribution in [-0.4, -0.2) is 35.6 Å². The molecule has 0 spiro atoms. The molecule has 0 saturated carbocycles. The van der Waals surface area contributed by atoms with Crippen molar-refractivity contribution in [2.24, 2.45) is 5.92 Å². The molecular weight excluding hydrogens is 474 g/mol. The predicted octanol–water partition coefficient (Wildman–Crippen LogP) is 5.01. The molecule has 0 bridgehead atoms.